The molecular formula is C14H22Au2N2-4. The molecule has 18 heavy (non-hydrogen) atoms. The molecule has 0 saturated heterocycles. The van der Waals surface area contributed by atoms with Crippen LogP contribution in [0.2, 0.25) is 0 Å². The predicted molar refractivity (Wildman–Crippen MR) is 64.5 cm³/mol. The molecule has 2 radical (unpaired) electrons. The Bertz CT molecular complexity index is 211. The summed E-state index contributed by atoms with van der Waals surface area (Å²) < 4.78 is 0. The van der Waals surface area contributed by atoms with Crippen LogP contribution in [-0.2, 0) is 44.8 Å². The van der Waals surface area contributed by atoms with Crippen molar-refractivity contribution in [1.82, 2.24) is 0 Å². The van der Waals surface area contributed by atoms with Gasteiger partial charge in [0.25, 0.3) is 0 Å². The van der Waals surface area contributed by atoms with Crippen molar-refractivity contribution in [3.05, 3.63) is 27.0 Å². The van der Waals surface area contributed by atoms with Crippen LogP contribution in [-0.4, -0.2) is 0 Å². The van der Waals surface area contributed by atoms with Crippen LogP contribution in [0.4, 0.5) is 0 Å². The molecule has 0 unspecified atom stereocenters. The molecule has 0 amide bonds. The van der Waals surface area contributed by atoms with Gasteiger partial charge in [-0.1, -0.05) is 52.4 Å². The summed E-state index contributed by atoms with van der Waals surface area (Å²) in [5.74, 6) is 0.812. The first-order valence-corrected chi connectivity index (χ1v) is 5.47. The maximum atomic E-state index is 6.25. The SMILES string of the molecule is [Au].[Au].[C-]#N.[C-]#N.[CH2-]C1(C)CCC(C([CH2-])(C)C)CC1. The fraction of sp³-hybridized carbons (Fsp3) is 0.714. The zero-order valence-electron chi connectivity index (χ0n) is 11.3. The fourth-order valence-electron chi connectivity index (χ4n) is 2.10. The van der Waals surface area contributed by atoms with Crippen molar-refractivity contribution in [2.75, 3.05) is 0 Å². The average molecular weight is 612 g/mol. The Morgan fingerprint density at radius 3 is 1.56 bits per heavy atom. The van der Waals surface area contributed by atoms with Crippen LogP contribution in [0.25, 0.3) is 0 Å². The largest absolute Gasteiger partial charge is 0.512 e. The molecule has 1 aliphatic carbocycles. The summed E-state index contributed by atoms with van der Waals surface area (Å²) in [6.45, 7) is 24.7. The van der Waals surface area contributed by atoms with Gasteiger partial charge in [-0.2, -0.15) is 10.8 Å². The predicted octanol–water partition coefficient (Wildman–Crippen LogP) is 4.07. The third-order valence-corrected chi connectivity index (χ3v) is 3.30. The summed E-state index contributed by atoms with van der Waals surface area (Å²) >= 11 is 0. The molecule has 2 nitrogen and oxygen atoms in total. The van der Waals surface area contributed by atoms with E-state index in [2.05, 4.69) is 34.6 Å². The number of nitrogens with zero attached hydrogens (tertiary/aromatic N) is 2. The van der Waals surface area contributed by atoms with Gasteiger partial charge < -0.3 is 37.5 Å². The Labute approximate surface area is 145 Å². The molecule has 4 heteroatoms. The topological polar surface area (TPSA) is 47.6 Å². The molecule has 0 N–H and O–H groups in total. The van der Waals surface area contributed by atoms with E-state index in [1.807, 2.05) is 0 Å². The van der Waals surface area contributed by atoms with Gasteiger partial charge in [0, 0.05) is 44.8 Å². The zero-order chi connectivity index (χ0) is 13.4. The van der Waals surface area contributed by atoms with Crippen molar-refractivity contribution < 1.29 is 44.8 Å². The summed E-state index contributed by atoms with van der Waals surface area (Å²) in [5, 5.41) is 12.5. The van der Waals surface area contributed by atoms with E-state index in [1.54, 1.807) is 0 Å². The second-order valence-electron chi connectivity index (χ2n) is 5.57. The average Bonchev–Trinajstić information content (AvgIpc) is 2.22. The molecule has 0 spiro atoms. The normalized spacial score (nSPS) is 25.7. The summed E-state index contributed by atoms with van der Waals surface area (Å²) in [5.41, 5.74) is 0.609. The molecule has 1 saturated carbocycles. The monoisotopic (exact) mass is 612 g/mol. The zero-order valence-corrected chi connectivity index (χ0v) is 15.7. The summed E-state index contributed by atoms with van der Waals surface area (Å²) in [6.07, 6.45) is 5.18. The van der Waals surface area contributed by atoms with E-state index in [9.17, 15) is 0 Å². The van der Waals surface area contributed by atoms with E-state index in [4.69, 9.17) is 23.7 Å². The Morgan fingerprint density at radius 1 is 1.06 bits per heavy atom. The van der Waals surface area contributed by atoms with E-state index in [1.165, 1.54) is 25.7 Å². The summed E-state index contributed by atoms with van der Waals surface area (Å²) in [6, 6.07) is 0. The van der Waals surface area contributed by atoms with Gasteiger partial charge in [-0.15, -0.1) is 0 Å². The van der Waals surface area contributed by atoms with Crippen LogP contribution in [0, 0.1) is 54.3 Å². The van der Waals surface area contributed by atoms with E-state index in [0.717, 1.165) is 5.92 Å². The third-order valence-electron chi connectivity index (χ3n) is 3.30. The van der Waals surface area contributed by atoms with E-state index >= 15 is 0 Å². The fourth-order valence-corrected chi connectivity index (χ4v) is 2.10. The summed E-state index contributed by atoms with van der Waals surface area (Å²) in [7, 11) is 0. The maximum absolute atomic E-state index is 6.25. The first-order chi connectivity index (χ1) is 7.31. The Balaban J connectivity index is -0.000000149. The third kappa shape index (κ3) is 11.5. The van der Waals surface area contributed by atoms with Crippen molar-refractivity contribution in [2.45, 2.75) is 46.5 Å². The number of hydrogen-bond donors (Lipinski definition) is 0. The minimum Gasteiger partial charge on any atom is -0.512 e. The second-order valence-corrected chi connectivity index (χ2v) is 5.57. The molecule has 0 aliphatic heterocycles. The van der Waals surface area contributed by atoms with Crippen molar-refractivity contribution in [3.63, 3.8) is 0 Å². The van der Waals surface area contributed by atoms with Gasteiger partial charge in [-0.25, -0.2) is 0 Å². The van der Waals surface area contributed by atoms with Crippen LogP contribution in [0.3, 0.4) is 0 Å². The molecule has 1 aliphatic rings. The van der Waals surface area contributed by atoms with Gasteiger partial charge in [-0.3, -0.25) is 0 Å². The quantitative estimate of drug-likeness (QED) is 0.332. The maximum Gasteiger partial charge on any atom is 0 e. The molecule has 1 rings (SSSR count). The summed E-state index contributed by atoms with van der Waals surface area (Å²) in [4.78, 5) is 0. The first kappa shape index (κ1) is 26.9. The van der Waals surface area contributed by atoms with Crippen molar-refractivity contribution in [1.29, 1.82) is 10.5 Å². The molecule has 0 aromatic heterocycles. The minimum absolute atomic E-state index is 0. The number of hydrogen-bond acceptors (Lipinski definition) is 2. The van der Waals surface area contributed by atoms with Crippen LogP contribution in [0.5, 0.6) is 0 Å². The van der Waals surface area contributed by atoms with Crippen molar-refractivity contribution in [3.8, 4) is 0 Å². The number of rotatable bonds is 1. The van der Waals surface area contributed by atoms with Gasteiger partial charge in [0.05, 0.1) is 0 Å². The molecule has 0 atom stereocenters. The van der Waals surface area contributed by atoms with Gasteiger partial charge in [0.15, 0.2) is 0 Å². The molecule has 1 fully saturated rings. The van der Waals surface area contributed by atoms with Crippen LogP contribution in [0.1, 0.15) is 46.5 Å². The molecule has 114 valence electrons. The second kappa shape index (κ2) is 12.5. The Kier molecular flexibility index (Phi) is 18.7. The van der Waals surface area contributed by atoms with Gasteiger partial charge in [0.1, 0.15) is 0 Å². The van der Waals surface area contributed by atoms with E-state index in [0.29, 0.717) is 5.41 Å². The van der Waals surface area contributed by atoms with E-state index in [-0.39, 0.29) is 50.2 Å². The van der Waals surface area contributed by atoms with Gasteiger partial charge >= 0.3 is 0 Å². The van der Waals surface area contributed by atoms with Crippen LogP contribution < -0.4 is 0 Å². The Morgan fingerprint density at radius 2 is 1.33 bits per heavy atom. The van der Waals surface area contributed by atoms with Crippen molar-refractivity contribution >= 4 is 0 Å². The molecule has 0 bridgehead atoms. The standard InChI is InChI=1S/C12H22.2CN.2Au/c1-11(2,3)10-6-8-12(4,5)9-7-10;2*1-2;;/h10H,1,4,6-9H2,2-3,5H3;;;;/q-2;2*-1;;. The molecule has 0 aromatic rings. The van der Waals surface area contributed by atoms with Gasteiger partial charge in [-0.05, 0) is 0 Å². The smallest absolute Gasteiger partial charge is 0 e. The molecule has 0 heterocycles. The minimum atomic E-state index is 0. The molecular weight excluding hydrogens is 590 g/mol. The van der Waals surface area contributed by atoms with Crippen LogP contribution >= 0.6 is 0 Å². The van der Waals surface area contributed by atoms with Gasteiger partial charge in [0.2, 0.25) is 0 Å². The van der Waals surface area contributed by atoms with Crippen LogP contribution in [0.15, 0.2) is 0 Å². The molecule has 0 aromatic carbocycles. The van der Waals surface area contributed by atoms with E-state index < -0.39 is 0 Å². The Hall–Kier alpha value is 0.461. The van der Waals surface area contributed by atoms with Crippen molar-refractivity contribution in [2.24, 2.45) is 16.7 Å². The first-order valence-electron chi connectivity index (χ1n) is 5.47.